The summed E-state index contributed by atoms with van der Waals surface area (Å²) in [4.78, 5) is 11.2. The van der Waals surface area contributed by atoms with Crippen LogP contribution in [0.5, 0.6) is 0 Å². The van der Waals surface area contributed by atoms with Crippen LogP contribution in [0, 0.1) is 0 Å². The molecule has 1 aliphatic carbocycles. The van der Waals surface area contributed by atoms with Crippen molar-refractivity contribution in [1.29, 1.82) is 0 Å². The molecule has 86 valence electrons. The highest BCUT2D eigenvalue weighted by atomic mass is 19.1. The monoisotopic (exact) mass is 214 g/mol. The molecule has 1 aliphatic rings. The van der Waals surface area contributed by atoms with Crippen LogP contribution in [0.15, 0.2) is 12.2 Å². The largest absolute Gasteiger partial charge is 0.457 e. The van der Waals surface area contributed by atoms with Gasteiger partial charge in [0.2, 0.25) is 0 Å². The van der Waals surface area contributed by atoms with Crippen molar-refractivity contribution in [3.05, 3.63) is 12.2 Å². The third-order valence-corrected chi connectivity index (χ3v) is 2.39. The Hall–Kier alpha value is -0.860. The molecular formula is C12H19FO2. The molecule has 0 atom stereocenters. The van der Waals surface area contributed by atoms with Crippen LogP contribution in [0.1, 0.15) is 46.5 Å². The summed E-state index contributed by atoms with van der Waals surface area (Å²) in [6, 6.07) is 0. The fourth-order valence-electron chi connectivity index (χ4n) is 1.47. The highest BCUT2D eigenvalue weighted by Crippen LogP contribution is 2.38. The standard InChI is InChI=1S/C12H19FO2/c1-11(2,3)15-10(14)6-4-7-12(13)8-5-9-12/h4,6H,5,7-9H2,1-3H3. The van der Waals surface area contributed by atoms with E-state index in [9.17, 15) is 9.18 Å². The topological polar surface area (TPSA) is 26.3 Å². The fraction of sp³-hybridized carbons (Fsp3) is 0.750. The number of esters is 1. The van der Waals surface area contributed by atoms with Gasteiger partial charge < -0.3 is 4.74 Å². The highest BCUT2D eigenvalue weighted by molar-refractivity contribution is 5.82. The van der Waals surface area contributed by atoms with Crippen molar-refractivity contribution in [1.82, 2.24) is 0 Å². The van der Waals surface area contributed by atoms with Gasteiger partial charge in [-0.3, -0.25) is 0 Å². The third kappa shape index (κ3) is 4.45. The SMILES string of the molecule is CC(C)(C)OC(=O)C=CCC1(F)CCC1. The molecule has 1 saturated carbocycles. The fourth-order valence-corrected chi connectivity index (χ4v) is 1.47. The molecule has 0 unspecified atom stereocenters. The molecule has 0 aromatic heterocycles. The van der Waals surface area contributed by atoms with Gasteiger partial charge in [-0.15, -0.1) is 0 Å². The molecule has 0 bridgehead atoms. The molecule has 2 nitrogen and oxygen atoms in total. The van der Waals surface area contributed by atoms with Crippen LogP contribution in [0.2, 0.25) is 0 Å². The van der Waals surface area contributed by atoms with E-state index in [0.29, 0.717) is 19.3 Å². The number of rotatable bonds is 3. The minimum Gasteiger partial charge on any atom is -0.457 e. The van der Waals surface area contributed by atoms with Gasteiger partial charge in [0.1, 0.15) is 11.3 Å². The van der Waals surface area contributed by atoms with E-state index in [1.54, 1.807) is 26.8 Å². The van der Waals surface area contributed by atoms with Crippen molar-refractivity contribution in [2.45, 2.75) is 57.7 Å². The van der Waals surface area contributed by atoms with Crippen LogP contribution >= 0.6 is 0 Å². The normalized spacial score (nSPS) is 20.0. The first-order valence-electron chi connectivity index (χ1n) is 5.39. The van der Waals surface area contributed by atoms with E-state index in [1.165, 1.54) is 6.08 Å². The Morgan fingerprint density at radius 3 is 2.47 bits per heavy atom. The lowest BCUT2D eigenvalue weighted by molar-refractivity contribution is -0.148. The second-order valence-electron chi connectivity index (χ2n) is 5.14. The van der Waals surface area contributed by atoms with Crippen molar-refractivity contribution < 1.29 is 13.9 Å². The summed E-state index contributed by atoms with van der Waals surface area (Å²) < 4.78 is 18.5. The average molecular weight is 214 g/mol. The molecular weight excluding hydrogens is 195 g/mol. The predicted molar refractivity (Wildman–Crippen MR) is 57.3 cm³/mol. The second-order valence-corrected chi connectivity index (χ2v) is 5.14. The van der Waals surface area contributed by atoms with E-state index < -0.39 is 17.2 Å². The number of hydrogen-bond donors (Lipinski definition) is 0. The summed E-state index contributed by atoms with van der Waals surface area (Å²) in [6.07, 6.45) is 5.42. The van der Waals surface area contributed by atoms with E-state index in [1.807, 2.05) is 0 Å². The van der Waals surface area contributed by atoms with Crippen molar-refractivity contribution in [2.75, 3.05) is 0 Å². The molecule has 0 heterocycles. The lowest BCUT2D eigenvalue weighted by Crippen LogP contribution is -2.30. The number of carbonyl (C=O) groups excluding carboxylic acids is 1. The summed E-state index contributed by atoms with van der Waals surface area (Å²) in [5.41, 5.74) is -1.54. The lowest BCUT2D eigenvalue weighted by atomic mass is 9.79. The zero-order valence-electron chi connectivity index (χ0n) is 9.68. The van der Waals surface area contributed by atoms with Crippen molar-refractivity contribution in [3.8, 4) is 0 Å². The molecule has 1 rings (SSSR count). The third-order valence-electron chi connectivity index (χ3n) is 2.39. The predicted octanol–water partition coefficient (Wildman–Crippen LogP) is 3.17. The van der Waals surface area contributed by atoms with Gasteiger partial charge >= 0.3 is 5.97 Å². The molecule has 1 fully saturated rings. The Labute approximate surface area is 90.5 Å². The average Bonchev–Trinajstić information content (AvgIpc) is 1.97. The van der Waals surface area contributed by atoms with Crippen molar-refractivity contribution >= 4 is 5.97 Å². The molecule has 0 spiro atoms. The molecule has 0 aromatic carbocycles. The summed E-state index contributed by atoms with van der Waals surface area (Å²) in [7, 11) is 0. The minimum absolute atomic E-state index is 0.326. The number of allylic oxidation sites excluding steroid dienone is 1. The van der Waals surface area contributed by atoms with Gasteiger partial charge in [-0.05, 0) is 46.5 Å². The summed E-state index contributed by atoms with van der Waals surface area (Å²) in [6.45, 7) is 5.42. The molecule has 0 radical (unpaired) electrons. The van der Waals surface area contributed by atoms with Gasteiger partial charge in [0.05, 0.1) is 0 Å². The van der Waals surface area contributed by atoms with Crippen LogP contribution in [-0.4, -0.2) is 17.2 Å². The van der Waals surface area contributed by atoms with Crippen LogP contribution in [-0.2, 0) is 9.53 Å². The summed E-state index contributed by atoms with van der Waals surface area (Å²) in [5.74, 6) is -0.398. The number of alkyl halides is 1. The Morgan fingerprint density at radius 2 is 2.07 bits per heavy atom. The Balaban J connectivity index is 2.28. The maximum atomic E-state index is 13.5. The quantitative estimate of drug-likeness (QED) is 0.533. The first-order valence-corrected chi connectivity index (χ1v) is 5.39. The second kappa shape index (κ2) is 4.33. The minimum atomic E-state index is -1.06. The number of carbonyl (C=O) groups is 1. The van der Waals surface area contributed by atoms with E-state index in [-0.39, 0.29) is 0 Å². The smallest absolute Gasteiger partial charge is 0.330 e. The Kier molecular flexibility index (Phi) is 3.53. The first-order chi connectivity index (χ1) is 6.81. The molecule has 0 saturated heterocycles. The molecule has 15 heavy (non-hydrogen) atoms. The van der Waals surface area contributed by atoms with E-state index in [4.69, 9.17) is 4.74 Å². The Morgan fingerprint density at radius 1 is 1.47 bits per heavy atom. The van der Waals surface area contributed by atoms with Crippen molar-refractivity contribution in [3.63, 3.8) is 0 Å². The number of ether oxygens (including phenoxy) is 1. The van der Waals surface area contributed by atoms with Gasteiger partial charge in [0, 0.05) is 6.08 Å². The highest BCUT2D eigenvalue weighted by Gasteiger charge is 2.35. The van der Waals surface area contributed by atoms with Crippen LogP contribution in [0.25, 0.3) is 0 Å². The van der Waals surface area contributed by atoms with Gasteiger partial charge in [-0.1, -0.05) is 6.08 Å². The number of hydrogen-bond acceptors (Lipinski definition) is 2. The molecule has 3 heteroatoms. The van der Waals surface area contributed by atoms with E-state index >= 15 is 0 Å². The van der Waals surface area contributed by atoms with E-state index in [0.717, 1.165) is 6.42 Å². The van der Waals surface area contributed by atoms with Gasteiger partial charge in [-0.2, -0.15) is 0 Å². The van der Waals surface area contributed by atoms with Gasteiger partial charge in [0.15, 0.2) is 0 Å². The first kappa shape index (κ1) is 12.2. The van der Waals surface area contributed by atoms with Crippen LogP contribution in [0.4, 0.5) is 4.39 Å². The Bertz CT molecular complexity index is 259. The van der Waals surface area contributed by atoms with Gasteiger partial charge in [-0.25, -0.2) is 9.18 Å². The molecule has 0 N–H and O–H groups in total. The molecule has 0 aliphatic heterocycles. The lowest BCUT2D eigenvalue weighted by Gasteiger charge is -2.32. The zero-order valence-corrected chi connectivity index (χ0v) is 9.68. The summed E-state index contributed by atoms with van der Waals surface area (Å²) >= 11 is 0. The van der Waals surface area contributed by atoms with Crippen molar-refractivity contribution in [2.24, 2.45) is 0 Å². The van der Waals surface area contributed by atoms with Gasteiger partial charge in [0.25, 0.3) is 0 Å². The number of halogens is 1. The maximum Gasteiger partial charge on any atom is 0.330 e. The maximum absolute atomic E-state index is 13.5. The van der Waals surface area contributed by atoms with Crippen LogP contribution in [0.3, 0.4) is 0 Å². The molecule has 0 amide bonds. The zero-order chi connectivity index (χ0) is 11.5. The summed E-state index contributed by atoms with van der Waals surface area (Å²) in [5, 5.41) is 0. The van der Waals surface area contributed by atoms with Crippen LogP contribution < -0.4 is 0 Å². The molecule has 0 aromatic rings. The van der Waals surface area contributed by atoms with E-state index in [2.05, 4.69) is 0 Å².